The summed E-state index contributed by atoms with van der Waals surface area (Å²) < 4.78 is 13.6. The molecule has 0 unspecified atom stereocenters. The highest BCUT2D eigenvalue weighted by atomic mass is 19.1. The van der Waals surface area contributed by atoms with Gasteiger partial charge in [0.25, 0.3) is 5.91 Å². The number of rotatable bonds is 1. The molecule has 1 aromatic carbocycles. The van der Waals surface area contributed by atoms with E-state index in [0.717, 1.165) is 18.4 Å². The minimum absolute atomic E-state index is 0.0480. The fourth-order valence-corrected chi connectivity index (χ4v) is 2.59. The summed E-state index contributed by atoms with van der Waals surface area (Å²) >= 11 is 0. The van der Waals surface area contributed by atoms with Crippen LogP contribution in [0.25, 0.3) is 0 Å². The predicted molar refractivity (Wildman–Crippen MR) is 73.7 cm³/mol. The van der Waals surface area contributed by atoms with Gasteiger partial charge < -0.3 is 4.90 Å². The van der Waals surface area contributed by atoms with Crippen molar-refractivity contribution >= 4 is 5.91 Å². The summed E-state index contributed by atoms with van der Waals surface area (Å²) in [7, 11) is 0. The SMILES string of the molecule is O=C(c1cccnc1F)N1CCCc2ccccc2C1. The molecule has 2 aromatic rings. The fraction of sp³-hybridized carbons (Fsp3) is 0.250. The van der Waals surface area contributed by atoms with E-state index in [2.05, 4.69) is 11.1 Å². The molecular weight excluding hydrogens is 255 g/mol. The Morgan fingerprint density at radius 3 is 2.75 bits per heavy atom. The summed E-state index contributed by atoms with van der Waals surface area (Å²) in [6.07, 6.45) is 3.20. The van der Waals surface area contributed by atoms with E-state index in [1.807, 2.05) is 18.2 Å². The molecule has 0 radical (unpaired) electrons. The predicted octanol–water partition coefficient (Wildman–Crippen LogP) is 2.81. The van der Waals surface area contributed by atoms with Crippen molar-refractivity contribution in [2.45, 2.75) is 19.4 Å². The molecule has 2 heterocycles. The molecule has 1 aliphatic rings. The molecular formula is C16H15FN2O. The summed E-state index contributed by atoms with van der Waals surface area (Å²) in [6.45, 7) is 1.17. The second-order valence-corrected chi connectivity index (χ2v) is 4.94. The molecule has 20 heavy (non-hydrogen) atoms. The maximum atomic E-state index is 13.6. The first kappa shape index (κ1) is 12.8. The highest BCUT2D eigenvalue weighted by Crippen LogP contribution is 2.20. The van der Waals surface area contributed by atoms with Gasteiger partial charge in [-0.1, -0.05) is 24.3 Å². The van der Waals surface area contributed by atoms with Crippen LogP contribution in [-0.4, -0.2) is 22.3 Å². The van der Waals surface area contributed by atoms with Gasteiger partial charge in [-0.25, -0.2) is 4.98 Å². The number of carbonyl (C=O) groups excluding carboxylic acids is 1. The zero-order valence-corrected chi connectivity index (χ0v) is 11.1. The van der Waals surface area contributed by atoms with Crippen LogP contribution in [0.1, 0.15) is 27.9 Å². The van der Waals surface area contributed by atoms with Gasteiger partial charge in [0.1, 0.15) is 0 Å². The number of hydrogen-bond donors (Lipinski definition) is 0. The normalized spacial score (nSPS) is 14.6. The number of carbonyl (C=O) groups is 1. The third-order valence-corrected chi connectivity index (χ3v) is 3.63. The van der Waals surface area contributed by atoms with Gasteiger partial charge >= 0.3 is 0 Å². The maximum Gasteiger partial charge on any atom is 0.258 e. The first-order valence-corrected chi connectivity index (χ1v) is 6.72. The number of fused-ring (bicyclic) bond motifs is 1. The molecule has 0 atom stereocenters. The van der Waals surface area contributed by atoms with E-state index in [1.54, 1.807) is 11.0 Å². The molecule has 3 nitrogen and oxygen atoms in total. The Balaban J connectivity index is 1.88. The Morgan fingerprint density at radius 2 is 1.95 bits per heavy atom. The quantitative estimate of drug-likeness (QED) is 0.747. The van der Waals surface area contributed by atoms with E-state index >= 15 is 0 Å². The number of hydrogen-bond acceptors (Lipinski definition) is 2. The molecule has 3 rings (SSSR count). The lowest BCUT2D eigenvalue weighted by atomic mass is 10.0. The largest absolute Gasteiger partial charge is 0.334 e. The Bertz CT molecular complexity index is 642. The molecule has 0 bridgehead atoms. The van der Waals surface area contributed by atoms with Crippen molar-refractivity contribution in [2.24, 2.45) is 0 Å². The van der Waals surface area contributed by atoms with Crippen molar-refractivity contribution in [1.29, 1.82) is 0 Å². The third-order valence-electron chi connectivity index (χ3n) is 3.63. The fourth-order valence-electron chi connectivity index (χ4n) is 2.59. The van der Waals surface area contributed by atoms with E-state index in [4.69, 9.17) is 0 Å². The van der Waals surface area contributed by atoms with Crippen LogP contribution in [0, 0.1) is 5.95 Å². The summed E-state index contributed by atoms with van der Waals surface area (Å²) in [5.41, 5.74) is 2.46. The zero-order chi connectivity index (χ0) is 13.9. The average Bonchev–Trinajstić information content (AvgIpc) is 2.69. The van der Waals surface area contributed by atoms with Gasteiger partial charge in [0.05, 0.1) is 5.56 Å². The first-order chi connectivity index (χ1) is 9.75. The van der Waals surface area contributed by atoms with E-state index < -0.39 is 5.95 Å². The number of pyridine rings is 1. The topological polar surface area (TPSA) is 33.2 Å². The molecule has 102 valence electrons. The minimum Gasteiger partial charge on any atom is -0.334 e. The lowest BCUT2D eigenvalue weighted by molar-refractivity contribution is 0.0740. The van der Waals surface area contributed by atoms with Crippen LogP contribution in [-0.2, 0) is 13.0 Å². The Morgan fingerprint density at radius 1 is 1.15 bits per heavy atom. The van der Waals surface area contributed by atoms with Crippen LogP contribution < -0.4 is 0 Å². The molecule has 1 amide bonds. The van der Waals surface area contributed by atoms with Crippen LogP contribution in [0.3, 0.4) is 0 Å². The van der Waals surface area contributed by atoms with E-state index in [0.29, 0.717) is 13.1 Å². The van der Waals surface area contributed by atoms with Crippen LogP contribution in [0.5, 0.6) is 0 Å². The molecule has 0 spiro atoms. The number of aromatic nitrogens is 1. The zero-order valence-electron chi connectivity index (χ0n) is 11.1. The van der Waals surface area contributed by atoms with Crippen LogP contribution >= 0.6 is 0 Å². The van der Waals surface area contributed by atoms with Crippen LogP contribution in [0.15, 0.2) is 42.6 Å². The van der Waals surface area contributed by atoms with Crippen molar-refractivity contribution in [3.8, 4) is 0 Å². The third kappa shape index (κ3) is 2.41. The van der Waals surface area contributed by atoms with Gasteiger partial charge in [-0.05, 0) is 36.1 Å². The Hall–Kier alpha value is -2.23. The number of benzene rings is 1. The maximum absolute atomic E-state index is 13.6. The summed E-state index contributed by atoms with van der Waals surface area (Å²) in [6, 6.07) is 11.2. The van der Waals surface area contributed by atoms with Gasteiger partial charge in [-0.15, -0.1) is 0 Å². The van der Waals surface area contributed by atoms with Crippen molar-refractivity contribution in [1.82, 2.24) is 9.88 Å². The van der Waals surface area contributed by atoms with Crippen molar-refractivity contribution in [2.75, 3.05) is 6.54 Å². The number of halogens is 1. The molecule has 0 aliphatic carbocycles. The number of aryl methyl sites for hydroxylation is 1. The smallest absolute Gasteiger partial charge is 0.258 e. The molecule has 0 saturated carbocycles. The van der Waals surface area contributed by atoms with Gasteiger partial charge in [0.15, 0.2) is 0 Å². The minimum atomic E-state index is -0.699. The molecule has 1 aliphatic heterocycles. The van der Waals surface area contributed by atoms with Crippen LogP contribution in [0.2, 0.25) is 0 Å². The summed E-state index contributed by atoms with van der Waals surface area (Å²) in [5.74, 6) is -0.984. The van der Waals surface area contributed by atoms with E-state index in [9.17, 15) is 9.18 Å². The van der Waals surface area contributed by atoms with E-state index in [-0.39, 0.29) is 11.5 Å². The Kier molecular flexibility index (Phi) is 3.46. The van der Waals surface area contributed by atoms with Crippen molar-refractivity contribution in [3.05, 3.63) is 65.2 Å². The molecule has 4 heteroatoms. The standard InChI is InChI=1S/C16H15FN2O/c17-15-14(8-3-9-18-15)16(20)19-10-4-7-12-5-1-2-6-13(12)11-19/h1-3,5-6,8-9H,4,7,10-11H2. The monoisotopic (exact) mass is 270 g/mol. The van der Waals surface area contributed by atoms with Gasteiger partial charge in [0, 0.05) is 19.3 Å². The lowest BCUT2D eigenvalue weighted by Crippen LogP contribution is -2.31. The van der Waals surface area contributed by atoms with Gasteiger partial charge in [-0.2, -0.15) is 4.39 Å². The summed E-state index contributed by atoms with van der Waals surface area (Å²) in [5, 5.41) is 0. The second kappa shape index (κ2) is 5.41. The Labute approximate surface area is 117 Å². The van der Waals surface area contributed by atoms with Gasteiger partial charge in [0.2, 0.25) is 5.95 Å². The van der Waals surface area contributed by atoms with Gasteiger partial charge in [-0.3, -0.25) is 4.79 Å². The highest BCUT2D eigenvalue weighted by molar-refractivity contribution is 5.94. The highest BCUT2D eigenvalue weighted by Gasteiger charge is 2.22. The number of amides is 1. The van der Waals surface area contributed by atoms with Crippen LogP contribution in [0.4, 0.5) is 4.39 Å². The van der Waals surface area contributed by atoms with E-state index in [1.165, 1.54) is 17.8 Å². The average molecular weight is 270 g/mol. The van der Waals surface area contributed by atoms with Crippen molar-refractivity contribution in [3.63, 3.8) is 0 Å². The molecule has 0 saturated heterocycles. The molecule has 1 aromatic heterocycles. The molecule has 0 fully saturated rings. The first-order valence-electron chi connectivity index (χ1n) is 6.72. The lowest BCUT2D eigenvalue weighted by Gasteiger charge is -2.21. The summed E-state index contributed by atoms with van der Waals surface area (Å²) in [4.78, 5) is 17.7. The second-order valence-electron chi connectivity index (χ2n) is 4.94. The van der Waals surface area contributed by atoms with Crippen molar-refractivity contribution < 1.29 is 9.18 Å². The molecule has 0 N–H and O–H groups in total. The number of nitrogens with zero attached hydrogens (tertiary/aromatic N) is 2.